The first-order valence-corrected chi connectivity index (χ1v) is 13.4. The number of rotatable bonds is 5. The molecule has 35 heavy (non-hydrogen) atoms. The second-order valence-corrected chi connectivity index (χ2v) is 11.3. The summed E-state index contributed by atoms with van der Waals surface area (Å²) in [6.07, 6.45) is 3.18. The fourth-order valence-electron chi connectivity index (χ4n) is 5.22. The van der Waals surface area contributed by atoms with Crippen molar-refractivity contribution in [3.63, 3.8) is 0 Å². The maximum Gasteiger partial charge on any atom is 0.256 e. The molecule has 1 aliphatic carbocycles. The predicted octanol–water partition coefficient (Wildman–Crippen LogP) is 3.46. The Bertz CT molecular complexity index is 1370. The van der Waals surface area contributed by atoms with Gasteiger partial charge in [0, 0.05) is 43.3 Å². The third-order valence-electron chi connectivity index (χ3n) is 7.21. The van der Waals surface area contributed by atoms with Crippen LogP contribution in [0, 0.1) is 5.92 Å². The normalized spacial score (nSPS) is 18.9. The maximum absolute atomic E-state index is 13.5. The van der Waals surface area contributed by atoms with Gasteiger partial charge in [-0.1, -0.05) is 19.1 Å². The van der Waals surface area contributed by atoms with Crippen LogP contribution in [0.2, 0.25) is 0 Å². The number of ether oxygens (including phenoxy) is 2. The molecule has 1 amide bonds. The summed E-state index contributed by atoms with van der Waals surface area (Å²) in [5.74, 6) is 1.27. The lowest BCUT2D eigenvalue weighted by Crippen LogP contribution is -2.50. The Morgan fingerprint density at radius 1 is 1.06 bits per heavy atom. The number of piperazine rings is 1. The van der Waals surface area contributed by atoms with Gasteiger partial charge in [-0.25, -0.2) is 8.42 Å². The number of benzene rings is 2. The fraction of sp³-hybridized carbons (Fsp3) is 0.423. The molecule has 0 spiro atoms. The Hall–Kier alpha value is -3.04. The molecule has 0 radical (unpaired) electrons. The van der Waals surface area contributed by atoms with Crippen LogP contribution in [0.4, 0.5) is 0 Å². The van der Waals surface area contributed by atoms with Crippen LogP contribution in [0.15, 0.2) is 41.3 Å². The minimum atomic E-state index is -3.81. The molecule has 1 fully saturated rings. The molecule has 9 heteroatoms. The van der Waals surface area contributed by atoms with E-state index in [0.717, 1.165) is 30.2 Å². The number of hydrogen-bond donors (Lipinski definition) is 1. The smallest absolute Gasteiger partial charge is 0.256 e. The van der Waals surface area contributed by atoms with E-state index in [0.29, 0.717) is 30.3 Å². The summed E-state index contributed by atoms with van der Waals surface area (Å²) in [6, 6.07) is 10.6. The van der Waals surface area contributed by atoms with Gasteiger partial charge in [0.2, 0.25) is 10.0 Å². The van der Waals surface area contributed by atoms with Gasteiger partial charge in [-0.2, -0.15) is 4.31 Å². The highest BCUT2D eigenvalue weighted by Crippen LogP contribution is 2.34. The second-order valence-electron chi connectivity index (χ2n) is 9.37. The lowest BCUT2D eigenvalue weighted by atomic mass is 9.87. The lowest BCUT2D eigenvalue weighted by Gasteiger charge is -2.34. The van der Waals surface area contributed by atoms with Gasteiger partial charge in [0.15, 0.2) is 0 Å². The number of H-pyrrole nitrogens is 1. The maximum atomic E-state index is 13.5. The van der Waals surface area contributed by atoms with Gasteiger partial charge >= 0.3 is 0 Å². The van der Waals surface area contributed by atoms with E-state index in [1.165, 1.54) is 35.8 Å². The number of fused-ring (bicyclic) bond motifs is 3. The van der Waals surface area contributed by atoms with Crippen LogP contribution in [0.25, 0.3) is 10.9 Å². The average Bonchev–Trinajstić information content (AvgIpc) is 3.26. The molecular formula is C26H31N3O5S. The number of para-hydroxylation sites is 1. The zero-order chi connectivity index (χ0) is 24.7. The van der Waals surface area contributed by atoms with Gasteiger partial charge in [0.05, 0.1) is 25.3 Å². The van der Waals surface area contributed by atoms with Gasteiger partial charge in [0.25, 0.3) is 5.91 Å². The number of nitrogens with zero attached hydrogens (tertiary/aromatic N) is 2. The van der Waals surface area contributed by atoms with Crippen LogP contribution < -0.4 is 9.47 Å². The molecule has 2 aliphatic rings. The lowest BCUT2D eigenvalue weighted by molar-refractivity contribution is 0.0699. The zero-order valence-electron chi connectivity index (χ0n) is 20.3. The first kappa shape index (κ1) is 23.7. The standard InChI is InChI=1S/C26H31N3O5S/c1-17-7-9-22-21(15-17)19-5-4-6-20(25(19)27-22)26(30)28-11-13-29(14-12-28)35(31,32)24-16-18(33-2)8-10-23(24)34-3/h4-6,8,10,16-17,27H,7,9,11-15H2,1-3H3. The van der Waals surface area contributed by atoms with Crippen molar-refractivity contribution < 1.29 is 22.7 Å². The van der Waals surface area contributed by atoms with Gasteiger partial charge in [-0.3, -0.25) is 4.79 Å². The molecule has 5 rings (SSSR count). The molecule has 0 saturated carbocycles. The van der Waals surface area contributed by atoms with Crippen molar-refractivity contribution in [1.82, 2.24) is 14.2 Å². The van der Waals surface area contributed by atoms with Crippen molar-refractivity contribution in [2.75, 3.05) is 40.4 Å². The predicted molar refractivity (Wildman–Crippen MR) is 134 cm³/mol. The highest BCUT2D eigenvalue weighted by atomic mass is 32.2. The summed E-state index contributed by atoms with van der Waals surface area (Å²) in [5, 5.41) is 1.13. The van der Waals surface area contributed by atoms with Crippen LogP contribution in [-0.4, -0.2) is 68.9 Å². The number of amides is 1. The summed E-state index contributed by atoms with van der Waals surface area (Å²) < 4.78 is 38.7. The van der Waals surface area contributed by atoms with Crippen LogP contribution in [0.1, 0.15) is 35.0 Å². The van der Waals surface area contributed by atoms with Crippen molar-refractivity contribution in [3.05, 3.63) is 53.2 Å². The van der Waals surface area contributed by atoms with Gasteiger partial charge < -0.3 is 19.4 Å². The quantitative estimate of drug-likeness (QED) is 0.583. The monoisotopic (exact) mass is 497 g/mol. The van der Waals surface area contributed by atoms with Crippen molar-refractivity contribution in [1.29, 1.82) is 0 Å². The molecule has 2 aromatic carbocycles. The topological polar surface area (TPSA) is 91.9 Å². The van der Waals surface area contributed by atoms with E-state index >= 15 is 0 Å². The molecule has 1 aliphatic heterocycles. The number of carbonyl (C=O) groups excluding carboxylic acids is 1. The van der Waals surface area contributed by atoms with Crippen LogP contribution in [0.3, 0.4) is 0 Å². The van der Waals surface area contributed by atoms with Gasteiger partial charge in [-0.15, -0.1) is 0 Å². The van der Waals surface area contributed by atoms with Crippen molar-refractivity contribution >= 4 is 26.8 Å². The number of aryl methyl sites for hydroxylation is 1. The minimum absolute atomic E-state index is 0.0649. The number of sulfonamides is 1. The van der Waals surface area contributed by atoms with E-state index in [9.17, 15) is 13.2 Å². The molecule has 1 unspecified atom stereocenters. The van der Waals surface area contributed by atoms with E-state index in [4.69, 9.17) is 9.47 Å². The van der Waals surface area contributed by atoms with Crippen molar-refractivity contribution in [2.45, 2.75) is 31.1 Å². The Morgan fingerprint density at radius 2 is 1.83 bits per heavy atom. The number of nitrogens with one attached hydrogen (secondary N) is 1. The minimum Gasteiger partial charge on any atom is -0.497 e. The Labute approximate surface area is 205 Å². The molecule has 0 bridgehead atoms. The van der Waals surface area contributed by atoms with E-state index in [1.54, 1.807) is 17.0 Å². The van der Waals surface area contributed by atoms with Gasteiger partial charge in [0.1, 0.15) is 16.4 Å². The fourth-order valence-corrected chi connectivity index (χ4v) is 6.81. The Morgan fingerprint density at radius 3 is 2.54 bits per heavy atom. The number of aromatic nitrogens is 1. The Kier molecular flexibility index (Phi) is 6.23. The highest BCUT2D eigenvalue weighted by molar-refractivity contribution is 7.89. The molecule has 2 heterocycles. The molecule has 1 saturated heterocycles. The van der Waals surface area contributed by atoms with Crippen LogP contribution >= 0.6 is 0 Å². The third-order valence-corrected chi connectivity index (χ3v) is 9.13. The van der Waals surface area contributed by atoms with Crippen molar-refractivity contribution in [3.8, 4) is 11.5 Å². The first-order valence-electron chi connectivity index (χ1n) is 12.0. The van der Waals surface area contributed by atoms with E-state index in [1.807, 2.05) is 12.1 Å². The summed E-state index contributed by atoms with van der Waals surface area (Å²) in [6.45, 7) is 3.33. The number of carbonyl (C=O) groups is 1. The second kappa shape index (κ2) is 9.20. The van der Waals surface area contributed by atoms with Crippen LogP contribution in [-0.2, 0) is 22.9 Å². The van der Waals surface area contributed by atoms with E-state index in [2.05, 4.69) is 18.0 Å². The summed E-state index contributed by atoms with van der Waals surface area (Å²) in [7, 11) is -0.877. The molecule has 3 aromatic rings. The molecular weight excluding hydrogens is 466 g/mol. The van der Waals surface area contributed by atoms with Crippen molar-refractivity contribution in [2.24, 2.45) is 5.92 Å². The number of hydrogen-bond acceptors (Lipinski definition) is 5. The largest absolute Gasteiger partial charge is 0.497 e. The molecule has 1 N–H and O–H groups in total. The van der Waals surface area contributed by atoms with E-state index < -0.39 is 10.0 Å². The third kappa shape index (κ3) is 4.16. The number of aromatic amines is 1. The van der Waals surface area contributed by atoms with Gasteiger partial charge in [-0.05, 0) is 48.9 Å². The summed E-state index contributed by atoms with van der Waals surface area (Å²) in [5.41, 5.74) is 4.11. The summed E-state index contributed by atoms with van der Waals surface area (Å²) in [4.78, 5) is 18.8. The molecule has 1 atom stereocenters. The van der Waals surface area contributed by atoms with E-state index in [-0.39, 0.29) is 29.6 Å². The van der Waals surface area contributed by atoms with Crippen LogP contribution in [0.5, 0.6) is 11.5 Å². The summed E-state index contributed by atoms with van der Waals surface area (Å²) >= 11 is 0. The zero-order valence-corrected chi connectivity index (χ0v) is 21.2. The molecule has 8 nitrogen and oxygen atoms in total. The number of methoxy groups -OCH3 is 2. The molecule has 1 aromatic heterocycles. The highest BCUT2D eigenvalue weighted by Gasteiger charge is 2.33. The first-order chi connectivity index (χ1) is 16.8. The molecule has 186 valence electrons. The Balaban J connectivity index is 1.36. The SMILES string of the molecule is COc1ccc(OC)c(S(=O)(=O)N2CCN(C(=O)c3cccc4c5c([nH]c34)CCC(C)C5)CC2)c1. The average molecular weight is 498 g/mol.